The first-order valence-electron chi connectivity index (χ1n) is 10.3. The fraction of sp³-hybridized carbons (Fsp3) is 0.458. The molecule has 0 bridgehead atoms. The van der Waals surface area contributed by atoms with Gasteiger partial charge in [0.1, 0.15) is 5.82 Å². The van der Waals surface area contributed by atoms with Gasteiger partial charge in [-0.1, -0.05) is 49.7 Å². The van der Waals surface area contributed by atoms with Gasteiger partial charge in [0.15, 0.2) is 0 Å². The summed E-state index contributed by atoms with van der Waals surface area (Å²) in [4.78, 5) is 17.4. The van der Waals surface area contributed by atoms with Gasteiger partial charge >= 0.3 is 0 Å². The third kappa shape index (κ3) is 6.16. The van der Waals surface area contributed by atoms with E-state index in [1.807, 2.05) is 42.2 Å². The molecule has 0 aliphatic carbocycles. The number of carbonyl (C=O) groups excluding carboxylic acids is 1. The minimum absolute atomic E-state index is 0.0315. The molecule has 1 amide bonds. The highest BCUT2D eigenvalue weighted by Crippen LogP contribution is 2.19. The summed E-state index contributed by atoms with van der Waals surface area (Å²) in [7, 11) is 0. The SMILES string of the molecule is CCN(CC)CCCC(C)N(Cc1ccccc1F)C(=O)c1ccc(C)cc1. The third-order valence-corrected chi connectivity index (χ3v) is 5.38. The van der Waals surface area contributed by atoms with Crippen molar-refractivity contribution in [2.45, 2.75) is 53.1 Å². The van der Waals surface area contributed by atoms with E-state index in [1.54, 1.807) is 12.1 Å². The minimum Gasteiger partial charge on any atom is -0.332 e. The highest BCUT2D eigenvalue weighted by molar-refractivity contribution is 5.94. The highest BCUT2D eigenvalue weighted by atomic mass is 19.1. The van der Waals surface area contributed by atoms with Crippen LogP contribution in [0.4, 0.5) is 4.39 Å². The molecule has 1 atom stereocenters. The van der Waals surface area contributed by atoms with Gasteiger partial charge in [-0.25, -0.2) is 4.39 Å². The van der Waals surface area contributed by atoms with E-state index in [1.165, 1.54) is 6.07 Å². The first-order chi connectivity index (χ1) is 13.5. The number of carbonyl (C=O) groups is 1. The zero-order chi connectivity index (χ0) is 20.5. The van der Waals surface area contributed by atoms with E-state index in [0.717, 1.165) is 38.0 Å². The highest BCUT2D eigenvalue weighted by Gasteiger charge is 2.23. The van der Waals surface area contributed by atoms with Crippen LogP contribution in [-0.2, 0) is 6.54 Å². The van der Waals surface area contributed by atoms with Crippen molar-refractivity contribution in [1.82, 2.24) is 9.80 Å². The van der Waals surface area contributed by atoms with Crippen molar-refractivity contribution in [3.05, 3.63) is 71.0 Å². The summed E-state index contributed by atoms with van der Waals surface area (Å²) in [5.41, 5.74) is 2.32. The van der Waals surface area contributed by atoms with Crippen molar-refractivity contribution < 1.29 is 9.18 Å². The summed E-state index contributed by atoms with van der Waals surface area (Å²) in [6.45, 7) is 11.8. The Morgan fingerprint density at radius 2 is 1.68 bits per heavy atom. The Morgan fingerprint density at radius 3 is 2.29 bits per heavy atom. The maximum atomic E-state index is 14.2. The lowest BCUT2D eigenvalue weighted by molar-refractivity contribution is 0.0660. The number of hydrogen-bond acceptors (Lipinski definition) is 2. The molecule has 0 radical (unpaired) electrons. The molecule has 0 saturated carbocycles. The molecule has 0 aromatic heterocycles. The normalized spacial score (nSPS) is 12.2. The molecule has 0 aliphatic rings. The van der Waals surface area contributed by atoms with Crippen LogP contribution in [0.1, 0.15) is 55.1 Å². The van der Waals surface area contributed by atoms with Gasteiger partial charge in [-0.05, 0) is 64.5 Å². The fourth-order valence-corrected chi connectivity index (χ4v) is 3.41. The molecule has 28 heavy (non-hydrogen) atoms. The smallest absolute Gasteiger partial charge is 0.254 e. The second kappa shape index (κ2) is 11.0. The maximum Gasteiger partial charge on any atom is 0.254 e. The predicted octanol–water partition coefficient (Wildman–Crippen LogP) is 5.29. The van der Waals surface area contributed by atoms with Gasteiger partial charge in [0.25, 0.3) is 5.91 Å². The summed E-state index contributed by atoms with van der Waals surface area (Å²) in [5.74, 6) is -0.307. The number of hydrogen-bond donors (Lipinski definition) is 0. The number of halogens is 1. The lowest BCUT2D eigenvalue weighted by Gasteiger charge is -2.30. The fourth-order valence-electron chi connectivity index (χ4n) is 3.41. The van der Waals surface area contributed by atoms with Gasteiger partial charge in [-0.3, -0.25) is 4.79 Å². The lowest BCUT2D eigenvalue weighted by Crippen LogP contribution is -2.39. The lowest BCUT2D eigenvalue weighted by atomic mass is 10.1. The van der Waals surface area contributed by atoms with Crippen LogP contribution in [0, 0.1) is 12.7 Å². The average molecular weight is 385 g/mol. The molecular formula is C24H33FN2O. The zero-order valence-electron chi connectivity index (χ0n) is 17.6. The molecule has 0 saturated heterocycles. The molecule has 152 valence electrons. The molecule has 0 aliphatic heterocycles. The van der Waals surface area contributed by atoms with Gasteiger partial charge in [-0.2, -0.15) is 0 Å². The van der Waals surface area contributed by atoms with Crippen LogP contribution in [0.5, 0.6) is 0 Å². The van der Waals surface area contributed by atoms with Gasteiger partial charge < -0.3 is 9.80 Å². The maximum absolute atomic E-state index is 14.2. The second-order valence-corrected chi connectivity index (χ2v) is 7.41. The molecule has 1 unspecified atom stereocenters. The first-order valence-corrected chi connectivity index (χ1v) is 10.3. The van der Waals surface area contributed by atoms with E-state index in [2.05, 4.69) is 25.7 Å². The van der Waals surface area contributed by atoms with Crippen molar-refractivity contribution in [2.24, 2.45) is 0 Å². The number of amides is 1. The largest absolute Gasteiger partial charge is 0.332 e. The Bertz CT molecular complexity index is 741. The molecule has 2 aromatic carbocycles. The van der Waals surface area contributed by atoms with Crippen molar-refractivity contribution in [1.29, 1.82) is 0 Å². The van der Waals surface area contributed by atoms with Crippen LogP contribution in [0.25, 0.3) is 0 Å². The molecule has 2 aromatic rings. The Labute approximate surface area is 169 Å². The summed E-state index contributed by atoms with van der Waals surface area (Å²) >= 11 is 0. The number of nitrogens with zero attached hydrogens (tertiary/aromatic N) is 2. The quantitative estimate of drug-likeness (QED) is 0.556. The molecule has 4 heteroatoms. The summed E-state index contributed by atoms with van der Waals surface area (Å²) < 4.78 is 14.2. The van der Waals surface area contributed by atoms with Gasteiger partial charge in [0.2, 0.25) is 0 Å². The van der Waals surface area contributed by atoms with Crippen LogP contribution < -0.4 is 0 Å². The van der Waals surface area contributed by atoms with Crippen LogP contribution in [0.3, 0.4) is 0 Å². The average Bonchev–Trinajstić information content (AvgIpc) is 2.70. The van der Waals surface area contributed by atoms with Crippen molar-refractivity contribution >= 4 is 5.91 Å². The van der Waals surface area contributed by atoms with E-state index in [9.17, 15) is 9.18 Å². The second-order valence-electron chi connectivity index (χ2n) is 7.41. The first kappa shape index (κ1) is 22.1. The van der Waals surface area contributed by atoms with E-state index in [4.69, 9.17) is 0 Å². The molecule has 2 rings (SSSR count). The third-order valence-electron chi connectivity index (χ3n) is 5.38. The Kier molecular flexibility index (Phi) is 8.65. The van der Waals surface area contributed by atoms with Crippen molar-refractivity contribution in [3.8, 4) is 0 Å². The summed E-state index contributed by atoms with van der Waals surface area (Å²) in [6, 6.07) is 14.3. The monoisotopic (exact) mass is 384 g/mol. The van der Waals surface area contributed by atoms with Crippen LogP contribution in [0.15, 0.2) is 48.5 Å². The molecule has 0 spiro atoms. The number of aryl methyl sites for hydroxylation is 1. The molecule has 0 heterocycles. The Morgan fingerprint density at radius 1 is 1.04 bits per heavy atom. The van der Waals surface area contributed by atoms with E-state index >= 15 is 0 Å². The number of rotatable bonds is 10. The summed E-state index contributed by atoms with van der Waals surface area (Å²) in [6.07, 6.45) is 1.90. The topological polar surface area (TPSA) is 23.6 Å². The van der Waals surface area contributed by atoms with E-state index in [0.29, 0.717) is 11.1 Å². The number of benzene rings is 2. The van der Waals surface area contributed by atoms with Gasteiger partial charge in [-0.15, -0.1) is 0 Å². The van der Waals surface area contributed by atoms with Crippen LogP contribution in [-0.4, -0.2) is 41.4 Å². The van der Waals surface area contributed by atoms with E-state index in [-0.39, 0.29) is 24.3 Å². The molecule has 0 fully saturated rings. The Hall–Kier alpha value is -2.20. The molecular weight excluding hydrogens is 351 g/mol. The van der Waals surface area contributed by atoms with Crippen LogP contribution in [0.2, 0.25) is 0 Å². The van der Waals surface area contributed by atoms with Crippen molar-refractivity contribution in [3.63, 3.8) is 0 Å². The Balaban J connectivity index is 2.16. The molecule has 3 nitrogen and oxygen atoms in total. The van der Waals surface area contributed by atoms with Crippen molar-refractivity contribution in [2.75, 3.05) is 19.6 Å². The minimum atomic E-state index is -0.264. The zero-order valence-corrected chi connectivity index (χ0v) is 17.6. The molecule has 0 N–H and O–H groups in total. The van der Waals surface area contributed by atoms with Gasteiger partial charge in [0.05, 0.1) is 0 Å². The predicted molar refractivity (Wildman–Crippen MR) is 114 cm³/mol. The van der Waals surface area contributed by atoms with E-state index < -0.39 is 0 Å². The standard InChI is InChI=1S/C24H33FN2O/c1-5-26(6-2)17-9-10-20(4)27(18-22-11-7-8-12-23(22)25)24(28)21-15-13-19(3)14-16-21/h7-8,11-16,20H,5-6,9-10,17-18H2,1-4H3. The summed E-state index contributed by atoms with van der Waals surface area (Å²) in [5, 5.41) is 0. The van der Waals surface area contributed by atoms with Crippen LogP contribution >= 0.6 is 0 Å². The van der Waals surface area contributed by atoms with Gasteiger partial charge in [0, 0.05) is 23.7 Å².